The van der Waals surface area contributed by atoms with Gasteiger partial charge in [0, 0.05) is 33.8 Å². The molecular weight excluding hydrogens is 605 g/mol. The van der Waals surface area contributed by atoms with Crippen molar-refractivity contribution in [3.05, 3.63) is 193 Å². The minimum absolute atomic E-state index is 1.12. The molecule has 8 aromatic rings. The number of nitrogens with zero attached hydrogens (tertiary/aromatic N) is 2. The molecule has 0 amide bonds. The molecule has 0 unspecified atom stereocenters. The van der Waals surface area contributed by atoms with E-state index in [1.54, 1.807) is 5.56 Å². The first-order valence-corrected chi connectivity index (χ1v) is 17.7. The molecule has 1 aliphatic rings. The monoisotopic (exact) mass is 642 g/mol. The second kappa shape index (κ2) is 13.1. The minimum Gasteiger partial charge on any atom is -0.313 e. The van der Waals surface area contributed by atoms with Gasteiger partial charge in [-0.15, -0.1) is 0 Å². The summed E-state index contributed by atoms with van der Waals surface area (Å²) >= 11 is 0. The number of aryl methyl sites for hydroxylation is 1. The molecule has 0 spiro atoms. The van der Waals surface area contributed by atoms with Crippen LogP contribution in [0.4, 0.5) is 17.1 Å². The molecule has 0 aliphatic heterocycles. The van der Waals surface area contributed by atoms with Crippen LogP contribution >= 0.6 is 0 Å². The van der Waals surface area contributed by atoms with Gasteiger partial charge in [0.25, 0.3) is 0 Å². The predicted molar refractivity (Wildman–Crippen MR) is 211 cm³/mol. The number of para-hydroxylation sites is 2. The van der Waals surface area contributed by atoms with Crippen LogP contribution in [0.2, 0.25) is 0 Å². The van der Waals surface area contributed by atoms with Gasteiger partial charge < -0.3 is 9.47 Å². The highest BCUT2D eigenvalue weighted by Gasteiger charge is 2.21. The Morgan fingerprint density at radius 3 is 1.52 bits per heavy atom. The van der Waals surface area contributed by atoms with Gasteiger partial charge in [-0.1, -0.05) is 121 Å². The number of hydrogen-bond donors (Lipinski definition) is 0. The fraction of sp³-hybridized carbons (Fsp3) is 0.0833. The summed E-state index contributed by atoms with van der Waals surface area (Å²) in [4.78, 5) is 2.37. The molecule has 7 aromatic carbocycles. The predicted octanol–water partition coefficient (Wildman–Crippen LogP) is 13.0. The van der Waals surface area contributed by atoms with Crippen LogP contribution in [0.5, 0.6) is 0 Å². The lowest BCUT2D eigenvalue weighted by Gasteiger charge is -2.27. The fourth-order valence-corrected chi connectivity index (χ4v) is 7.76. The van der Waals surface area contributed by atoms with Crippen molar-refractivity contribution in [1.29, 1.82) is 0 Å². The van der Waals surface area contributed by atoms with Crippen molar-refractivity contribution in [3.63, 3.8) is 0 Å². The van der Waals surface area contributed by atoms with Gasteiger partial charge in [0.05, 0.1) is 5.52 Å². The maximum Gasteiger partial charge on any atom is 0.0534 e. The summed E-state index contributed by atoms with van der Waals surface area (Å²) in [6, 6.07) is 66.0. The molecule has 50 heavy (non-hydrogen) atoms. The van der Waals surface area contributed by atoms with Gasteiger partial charge in [-0.2, -0.15) is 0 Å². The molecule has 1 aromatic heterocycles. The van der Waals surface area contributed by atoms with E-state index in [2.05, 4.69) is 191 Å². The molecule has 240 valence electrons. The summed E-state index contributed by atoms with van der Waals surface area (Å²) < 4.78 is 2.50. The standard InChI is InChI=1S/C48H38N2/c1-4-14-35(15-5-1)39-32-40(36-16-6-2-7-17-36)34-44(33-39)49(41-18-8-3-9-19-41)42-28-24-37(25-29-42)38-26-30-43(31-27-38)50-47-22-12-10-20-45(47)46-21-11-13-23-48(46)50/h1-10,12,14-20,22,24-34H,11,13,21,23H2. The van der Waals surface area contributed by atoms with Crippen LogP contribution in [-0.2, 0) is 12.8 Å². The normalized spacial score (nSPS) is 12.5. The van der Waals surface area contributed by atoms with Crippen molar-refractivity contribution < 1.29 is 0 Å². The summed E-state index contributed by atoms with van der Waals surface area (Å²) in [5.41, 5.74) is 16.2. The van der Waals surface area contributed by atoms with E-state index in [-0.39, 0.29) is 0 Å². The topological polar surface area (TPSA) is 8.17 Å². The van der Waals surface area contributed by atoms with Crippen LogP contribution in [-0.4, -0.2) is 4.57 Å². The number of benzene rings is 7. The SMILES string of the molecule is c1ccc(-c2cc(-c3ccccc3)cc(N(c3ccccc3)c3ccc(-c4ccc(-n5c6c(c7ccccc75)CCCC6)cc4)cc3)c2)cc1. The Labute approximate surface area is 294 Å². The van der Waals surface area contributed by atoms with Gasteiger partial charge in [-0.05, 0) is 125 Å². The second-order valence-corrected chi connectivity index (χ2v) is 13.3. The number of hydrogen-bond acceptors (Lipinski definition) is 1. The summed E-state index contributed by atoms with van der Waals surface area (Å²) in [5, 5.41) is 1.41. The van der Waals surface area contributed by atoms with Crippen molar-refractivity contribution in [3.8, 4) is 39.1 Å². The molecule has 0 N–H and O–H groups in total. The number of aromatic nitrogens is 1. The van der Waals surface area contributed by atoms with E-state index in [4.69, 9.17) is 0 Å². The zero-order valence-corrected chi connectivity index (χ0v) is 28.0. The van der Waals surface area contributed by atoms with Crippen LogP contribution in [0.3, 0.4) is 0 Å². The maximum atomic E-state index is 2.50. The molecule has 9 rings (SSSR count). The lowest BCUT2D eigenvalue weighted by molar-refractivity contribution is 0.667. The Morgan fingerprint density at radius 1 is 0.380 bits per heavy atom. The van der Waals surface area contributed by atoms with E-state index in [1.807, 2.05) is 0 Å². The average molecular weight is 643 g/mol. The smallest absolute Gasteiger partial charge is 0.0534 e. The van der Waals surface area contributed by atoms with Gasteiger partial charge in [-0.3, -0.25) is 0 Å². The lowest BCUT2D eigenvalue weighted by atomic mass is 9.95. The highest BCUT2D eigenvalue weighted by molar-refractivity contribution is 5.88. The number of rotatable bonds is 7. The highest BCUT2D eigenvalue weighted by Crippen LogP contribution is 2.40. The van der Waals surface area contributed by atoms with Gasteiger partial charge in [0.15, 0.2) is 0 Å². The average Bonchev–Trinajstić information content (AvgIpc) is 3.54. The molecular formula is C48H38N2. The minimum atomic E-state index is 1.12. The van der Waals surface area contributed by atoms with Crippen LogP contribution < -0.4 is 4.90 Å². The van der Waals surface area contributed by atoms with E-state index in [9.17, 15) is 0 Å². The molecule has 0 bridgehead atoms. The third-order valence-corrected chi connectivity index (χ3v) is 10.2. The van der Waals surface area contributed by atoms with Crippen LogP contribution in [0.25, 0.3) is 50.0 Å². The maximum absolute atomic E-state index is 2.50. The van der Waals surface area contributed by atoms with Gasteiger partial charge in [-0.25, -0.2) is 0 Å². The van der Waals surface area contributed by atoms with Gasteiger partial charge >= 0.3 is 0 Å². The highest BCUT2D eigenvalue weighted by atomic mass is 15.1. The van der Waals surface area contributed by atoms with E-state index in [1.165, 1.54) is 74.9 Å². The Morgan fingerprint density at radius 2 is 0.880 bits per heavy atom. The Balaban J connectivity index is 1.09. The molecule has 2 heteroatoms. The van der Waals surface area contributed by atoms with E-state index in [0.29, 0.717) is 0 Å². The molecule has 2 nitrogen and oxygen atoms in total. The van der Waals surface area contributed by atoms with Crippen LogP contribution in [0, 0.1) is 0 Å². The lowest BCUT2D eigenvalue weighted by Crippen LogP contribution is -2.10. The molecule has 0 atom stereocenters. The summed E-state index contributed by atoms with van der Waals surface area (Å²) in [6.07, 6.45) is 4.87. The Hall–Kier alpha value is -6.12. The zero-order chi connectivity index (χ0) is 33.3. The fourth-order valence-electron chi connectivity index (χ4n) is 7.76. The van der Waals surface area contributed by atoms with Crippen molar-refractivity contribution in [1.82, 2.24) is 4.57 Å². The van der Waals surface area contributed by atoms with Crippen molar-refractivity contribution in [2.24, 2.45) is 0 Å². The molecule has 0 saturated heterocycles. The molecule has 1 heterocycles. The quantitative estimate of drug-likeness (QED) is 0.168. The number of anilines is 3. The summed E-state index contributed by atoms with van der Waals surface area (Å²) in [5.74, 6) is 0. The van der Waals surface area contributed by atoms with Crippen LogP contribution in [0.15, 0.2) is 182 Å². The Kier molecular flexibility index (Phi) is 7.83. The van der Waals surface area contributed by atoms with Crippen molar-refractivity contribution >= 4 is 28.0 Å². The number of fused-ring (bicyclic) bond motifs is 3. The molecule has 0 radical (unpaired) electrons. The summed E-state index contributed by atoms with van der Waals surface area (Å²) in [6.45, 7) is 0. The molecule has 0 saturated carbocycles. The summed E-state index contributed by atoms with van der Waals surface area (Å²) in [7, 11) is 0. The van der Waals surface area contributed by atoms with E-state index >= 15 is 0 Å². The first-order valence-electron chi connectivity index (χ1n) is 17.7. The Bertz CT molecular complexity index is 2330. The van der Waals surface area contributed by atoms with E-state index < -0.39 is 0 Å². The van der Waals surface area contributed by atoms with E-state index in [0.717, 1.165) is 23.5 Å². The van der Waals surface area contributed by atoms with Gasteiger partial charge in [0.2, 0.25) is 0 Å². The zero-order valence-electron chi connectivity index (χ0n) is 28.0. The van der Waals surface area contributed by atoms with Crippen molar-refractivity contribution in [2.75, 3.05) is 4.90 Å². The third kappa shape index (κ3) is 5.59. The first-order chi connectivity index (χ1) is 24.8. The van der Waals surface area contributed by atoms with Crippen molar-refractivity contribution in [2.45, 2.75) is 25.7 Å². The third-order valence-electron chi connectivity index (χ3n) is 10.2. The largest absolute Gasteiger partial charge is 0.313 e. The van der Waals surface area contributed by atoms with Gasteiger partial charge in [0.1, 0.15) is 0 Å². The second-order valence-electron chi connectivity index (χ2n) is 13.3. The first kappa shape index (κ1) is 30.0. The molecule has 0 fully saturated rings. The van der Waals surface area contributed by atoms with Crippen LogP contribution in [0.1, 0.15) is 24.1 Å². The molecule has 1 aliphatic carbocycles.